The van der Waals surface area contributed by atoms with Gasteiger partial charge in [-0.3, -0.25) is 4.79 Å². The van der Waals surface area contributed by atoms with E-state index in [1.165, 1.54) is 19.1 Å². The van der Waals surface area contributed by atoms with E-state index in [1.54, 1.807) is 0 Å². The molecule has 0 bridgehead atoms. The average Bonchev–Trinajstić information content (AvgIpc) is 2.45. The minimum atomic E-state index is -3.14. The topological polar surface area (TPSA) is 89.3 Å². The van der Waals surface area contributed by atoms with E-state index in [0.717, 1.165) is 6.07 Å². The number of sulfone groups is 1. The molecule has 7 heteroatoms. The first-order valence-corrected chi connectivity index (χ1v) is 8.19. The molecule has 3 N–H and O–H groups in total. The molecule has 0 saturated carbocycles. The fourth-order valence-corrected chi connectivity index (χ4v) is 2.17. The molecule has 0 unspecified atom stereocenters. The molecule has 1 amide bonds. The third-order valence-corrected chi connectivity index (χ3v) is 4.40. The maximum atomic E-state index is 13.7. The van der Waals surface area contributed by atoms with Crippen LogP contribution in [0.4, 0.5) is 4.39 Å². The Balaban J connectivity index is 2.69. The van der Waals surface area contributed by atoms with Crippen molar-refractivity contribution in [3.63, 3.8) is 0 Å². The molecule has 5 nitrogen and oxygen atoms in total. The van der Waals surface area contributed by atoms with Crippen LogP contribution >= 0.6 is 0 Å². The number of benzene rings is 1. The first-order valence-electron chi connectivity index (χ1n) is 6.36. The normalized spacial score (nSPS) is 10.6. The molecule has 114 valence electrons. The van der Waals surface area contributed by atoms with Crippen LogP contribution in [0.15, 0.2) is 18.2 Å². The van der Waals surface area contributed by atoms with Gasteiger partial charge in [0.2, 0.25) is 0 Å². The summed E-state index contributed by atoms with van der Waals surface area (Å²) >= 11 is 0. The summed E-state index contributed by atoms with van der Waals surface area (Å²) in [6.45, 7) is 1.65. The number of hydrogen-bond acceptors (Lipinski definition) is 4. The lowest BCUT2D eigenvalue weighted by Gasteiger charge is -2.06. The van der Waals surface area contributed by atoms with Gasteiger partial charge in [-0.25, -0.2) is 12.8 Å². The Hall–Kier alpha value is -1.91. The SMILES string of the molecule is CCS(=O)(=O)CCNC(=O)c1ccc(C#CCN)c(F)c1. The van der Waals surface area contributed by atoms with E-state index in [2.05, 4.69) is 17.2 Å². The van der Waals surface area contributed by atoms with Crippen LogP contribution in [0, 0.1) is 17.7 Å². The lowest BCUT2D eigenvalue weighted by molar-refractivity contribution is 0.0955. The third-order valence-electron chi connectivity index (χ3n) is 2.69. The summed E-state index contributed by atoms with van der Waals surface area (Å²) in [7, 11) is -3.14. The first-order chi connectivity index (χ1) is 9.89. The van der Waals surface area contributed by atoms with E-state index in [0.29, 0.717) is 0 Å². The lowest BCUT2D eigenvalue weighted by Crippen LogP contribution is -2.29. The predicted octanol–water partition coefficient (Wildman–Crippen LogP) is 0.300. The predicted molar refractivity (Wildman–Crippen MR) is 79.0 cm³/mol. The molecule has 0 aromatic heterocycles. The number of carbonyl (C=O) groups is 1. The van der Waals surface area contributed by atoms with Crippen molar-refractivity contribution >= 4 is 15.7 Å². The van der Waals surface area contributed by atoms with Gasteiger partial charge in [0.25, 0.3) is 5.91 Å². The standard InChI is InChI=1S/C14H17FN2O3S/c1-2-21(19,20)9-8-17-14(18)12-6-5-11(4-3-7-16)13(15)10-12/h5-6,10H,2,7-9,16H2,1H3,(H,17,18). The lowest BCUT2D eigenvalue weighted by atomic mass is 10.1. The zero-order valence-corrected chi connectivity index (χ0v) is 12.5. The van der Waals surface area contributed by atoms with Gasteiger partial charge in [0, 0.05) is 17.9 Å². The van der Waals surface area contributed by atoms with Gasteiger partial charge in [0.15, 0.2) is 9.84 Å². The Labute approximate surface area is 123 Å². The van der Waals surface area contributed by atoms with Gasteiger partial charge in [-0.2, -0.15) is 0 Å². The quantitative estimate of drug-likeness (QED) is 0.765. The largest absolute Gasteiger partial charge is 0.351 e. The van der Waals surface area contributed by atoms with Gasteiger partial charge >= 0.3 is 0 Å². The molecule has 1 aromatic rings. The summed E-state index contributed by atoms with van der Waals surface area (Å²) in [5.74, 6) is 3.80. The Morgan fingerprint density at radius 1 is 1.43 bits per heavy atom. The van der Waals surface area contributed by atoms with Crippen molar-refractivity contribution in [3.8, 4) is 11.8 Å². The van der Waals surface area contributed by atoms with Crippen molar-refractivity contribution in [2.24, 2.45) is 5.73 Å². The van der Waals surface area contributed by atoms with Crippen LogP contribution in [0.1, 0.15) is 22.8 Å². The molecule has 0 aliphatic rings. The highest BCUT2D eigenvalue weighted by Gasteiger charge is 2.11. The number of amides is 1. The number of nitrogens with two attached hydrogens (primary N) is 1. The molecule has 0 radical (unpaired) electrons. The highest BCUT2D eigenvalue weighted by Crippen LogP contribution is 2.09. The molecule has 0 aliphatic carbocycles. The van der Waals surface area contributed by atoms with Crippen LogP contribution in [0.25, 0.3) is 0 Å². The molecule has 1 rings (SSSR count). The molecular weight excluding hydrogens is 295 g/mol. The summed E-state index contributed by atoms with van der Waals surface area (Å²) in [5, 5.41) is 2.44. The van der Waals surface area contributed by atoms with Gasteiger partial charge in [-0.05, 0) is 18.2 Å². The summed E-state index contributed by atoms with van der Waals surface area (Å²) in [6.07, 6.45) is 0. The molecule has 0 fully saturated rings. The van der Waals surface area contributed by atoms with E-state index >= 15 is 0 Å². The van der Waals surface area contributed by atoms with E-state index in [-0.39, 0.29) is 35.7 Å². The first kappa shape index (κ1) is 17.1. The molecule has 1 aromatic carbocycles. The zero-order valence-electron chi connectivity index (χ0n) is 11.6. The van der Waals surface area contributed by atoms with Crippen LogP contribution in [-0.4, -0.2) is 38.9 Å². The Morgan fingerprint density at radius 3 is 2.71 bits per heavy atom. The zero-order chi connectivity index (χ0) is 15.9. The van der Waals surface area contributed by atoms with Crippen molar-refractivity contribution in [2.75, 3.05) is 24.6 Å². The Kier molecular flexibility index (Phi) is 6.34. The van der Waals surface area contributed by atoms with Crippen molar-refractivity contribution in [1.82, 2.24) is 5.32 Å². The number of rotatable bonds is 5. The fourth-order valence-electron chi connectivity index (χ4n) is 1.47. The number of nitrogens with one attached hydrogen (secondary N) is 1. The van der Waals surface area contributed by atoms with Crippen molar-refractivity contribution in [3.05, 3.63) is 35.1 Å². The molecular formula is C14H17FN2O3S. The number of hydrogen-bond donors (Lipinski definition) is 2. The van der Waals surface area contributed by atoms with Gasteiger partial charge in [-0.15, -0.1) is 0 Å². The van der Waals surface area contributed by atoms with E-state index in [1.807, 2.05) is 0 Å². The Morgan fingerprint density at radius 2 is 2.14 bits per heavy atom. The van der Waals surface area contributed by atoms with Crippen molar-refractivity contribution in [1.29, 1.82) is 0 Å². The van der Waals surface area contributed by atoms with Crippen LogP contribution < -0.4 is 11.1 Å². The Bertz CT molecular complexity index is 675. The molecule has 0 aliphatic heterocycles. The third kappa shape index (κ3) is 5.53. The van der Waals surface area contributed by atoms with E-state index < -0.39 is 21.6 Å². The summed E-state index contributed by atoms with van der Waals surface area (Å²) in [4.78, 5) is 11.8. The number of halogens is 1. The van der Waals surface area contributed by atoms with E-state index in [9.17, 15) is 17.6 Å². The average molecular weight is 312 g/mol. The second-order valence-corrected chi connectivity index (χ2v) is 6.67. The number of carbonyl (C=O) groups excluding carboxylic acids is 1. The highest BCUT2D eigenvalue weighted by atomic mass is 32.2. The van der Waals surface area contributed by atoms with Gasteiger partial charge in [0.1, 0.15) is 5.82 Å². The minimum absolute atomic E-state index is 0.00858. The maximum absolute atomic E-state index is 13.7. The molecule has 21 heavy (non-hydrogen) atoms. The van der Waals surface area contributed by atoms with Crippen LogP contribution in [-0.2, 0) is 9.84 Å². The smallest absolute Gasteiger partial charge is 0.251 e. The molecule has 0 heterocycles. The summed E-state index contributed by atoms with van der Waals surface area (Å²) in [5.41, 5.74) is 5.47. The van der Waals surface area contributed by atoms with E-state index in [4.69, 9.17) is 5.73 Å². The molecule has 0 spiro atoms. The van der Waals surface area contributed by atoms with Crippen LogP contribution in [0.5, 0.6) is 0 Å². The summed E-state index contributed by atoms with van der Waals surface area (Å²) in [6, 6.07) is 3.87. The fraction of sp³-hybridized carbons (Fsp3) is 0.357. The second-order valence-electron chi connectivity index (χ2n) is 4.19. The highest BCUT2D eigenvalue weighted by molar-refractivity contribution is 7.91. The van der Waals surface area contributed by atoms with Crippen LogP contribution in [0.2, 0.25) is 0 Å². The van der Waals surface area contributed by atoms with Crippen molar-refractivity contribution < 1.29 is 17.6 Å². The monoisotopic (exact) mass is 312 g/mol. The van der Waals surface area contributed by atoms with Gasteiger partial charge in [0.05, 0.1) is 17.9 Å². The van der Waals surface area contributed by atoms with Crippen LogP contribution in [0.3, 0.4) is 0 Å². The van der Waals surface area contributed by atoms with Gasteiger partial charge < -0.3 is 11.1 Å². The second kappa shape index (κ2) is 7.76. The molecule has 0 atom stereocenters. The maximum Gasteiger partial charge on any atom is 0.251 e. The minimum Gasteiger partial charge on any atom is -0.351 e. The summed E-state index contributed by atoms with van der Waals surface area (Å²) < 4.78 is 36.2. The van der Waals surface area contributed by atoms with Gasteiger partial charge in [-0.1, -0.05) is 18.8 Å². The van der Waals surface area contributed by atoms with Crippen molar-refractivity contribution in [2.45, 2.75) is 6.92 Å². The molecule has 0 saturated heterocycles.